The summed E-state index contributed by atoms with van der Waals surface area (Å²) in [6.45, 7) is 0. The molecule has 0 saturated heterocycles. The Morgan fingerprint density at radius 2 is 1.43 bits per heavy atom. The number of nitrogens with two attached hydrogens (primary N) is 1. The summed E-state index contributed by atoms with van der Waals surface area (Å²) >= 11 is 0. The van der Waals surface area contributed by atoms with Crippen LogP contribution in [0.1, 0.15) is 11.5 Å². The van der Waals surface area contributed by atoms with Crippen LogP contribution in [0.2, 0.25) is 0 Å². The summed E-state index contributed by atoms with van der Waals surface area (Å²) in [6.07, 6.45) is 0. The number of nitrogens with zero attached hydrogens (tertiary/aromatic N) is 5. The van der Waals surface area contributed by atoms with Crippen molar-refractivity contribution in [2.24, 2.45) is 16.0 Å². The molecule has 1 atom stereocenters. The second-order valence-corrected chi connectivity index (χ2v) is 8.96. The van der Waals surface area contributed by atoms with Gasteiger partial charge in [-0.25, -0.2) is 9.59 Å². The van der Waals surface area contributed by atoms with E-state index >= 15 is 0 Å². The van der Waals surface area contributed by atoms with Crippen molar-refractivity contribution >= 4 is 34.7 Å². The molecule has 1 unspecified atom stereocenters. The molecule has 0 spiro atoms. The molecule has 0 aliphatic carbocycles. The molecule has 202 valence electrons. The summed E-state index contributed by atoms with van der Waals surface area (Å²) in [5.74, 6) is -2.55. The number of hydrogen-bond acceptors (Lipinski definition) is 10. The van der Waals surface area contributed by atoms with Gasteiger partial charge in [-0.15, -0.1) is 0 Å². The number of hydrogen-bond donors (Lipinski definition) is 1. The summed E-state index contributed by atoms with van der Waals surface area (Å²) in [5, 5.41) is 18.7. The molecule has 3 aromatic carbocycles. The van der Waals surface area contributed by atoms with Crippen LogP contribution in [0, 0.1) is 11.3 Å². The van der Waals surface area contributed by atoms with E-state index in [9.17, 15) is 14.9 Å². The zero-order valence-electron chi connectivity index (χ0n) is 22.5. The Labute approximate surface area is 232 Å². The number of benzene rings is 3. The fourth-order valence-corrected chi connectivity index (χ4v) is 4.38. The number of carbonyl (C=O) groups is 2. The molecule has 0 saturated carbocycles. The number of ether oxygens (including phenoxy) is 2. The Bertz CT molecular complexity index is 1540. The number of esters is 2. The highest BCUT2D eigenvalue weighted by Crippen LogP contribution is 2.43. The first-order chi connectivity index (χ1) is 19.3. The average molecular weight is 537 g/mol. The number of azo groups is 1. The zero-order valence-corrected chi connectivity index (χ0v) is 22.5. The highest BCUT2D eigenvalue weighted by atomic mass is 16.5. The summed E-state index contributed by atoms with van der Waals surface area (Å²) in [6, 6.07) is 25.3. The predicted molar refractivity (Wildman–Crippen MR) is 151 cm³/mol. The number of methoxy groups -OCH3 is 2. The van der Waals surface area contributed by atoms with Crippen LogP contribution >= 0.6 is 0 Å². The number of allylic oxidation sites excluding steroid dienone is 1. The van der Waals surface area contributed by atoms with Crippen molar-refractivity contribution in [1.82, 2.24) is 0 Å². The maximum absolute atomic E-state index is 13.2. The number of nitriles is 1. The monoisotopic (exact) mass is 536 g/mol. The van der Waals surface area contributed by atoms with Crippen LogP contribution in [-0.4, -0.2) is 40.3 Å². The van der Waals surface area contributed by atoms with E-state index in [-0.39, 0.29) is 22.7 Å². The van der Waals surface area contributed by atoms with Gasteiger partial charge in [0.1, 0.15) is 11.5 Å². The zero-order chi connectivity index (χ0) is 28.8. The van der Waals surface area contributed by atoms with Crippen molar-refractivity contribution in [2.75, 3.05) is 38.1 Å². The van der Waals surface area contributed by atoms with Crippen LogP contribution in [0.15, 0.2) is 112 Å². The van der Waals surface area contributed by atoms with E-state index in [0.29, 0.717) is 22.6 Å². The lowest BCUT2D eigenvalue weighted by molar-refractivity contribution is -0.139. The number of rotatable bonds is 7. The van der Waals surface area contributed by atoms with Gasteiger partial charge in [-0.05, 0) is 54.1 Å². The standard InChI is InChI=1S/C30H28N6O4/c1-35(2)22-14-10-20(11-15-22)33-34-21-12-16-23(17-13-21)36-27(30(38)40-4)26(29(37)39-3)25(24(18-31)28(36)32)19-8-6-5-7-9-19/h5-17,25H,32H2,1-4H3. The molecule has 0 radical (unpaired) electrons. The van der Waals surface area contributed by atoms with Crippen LogP contribution < -0.4 is 15.5 Å². The van der Waals surface area contributed by atoms with E-state index in [2.05, 4.69) is 16.3 Å². The lowest BCUT2D eigenvalue weighted by atomic mass is 9.81. The normalized spacial score (nSPS) is 15.2. The van der Waals surface area contributed by atoms with Gasteiger partial charge in [0.15, 0.2) is 0 Å². The lowest BCUT2D eigenvalue weighted by Crippen LogP contribution is -2.40. The largest absolute Gasteiger partial charge is 0.466 e. The van der Waals surface area contributed by atoms with Gasteiger partial charge in [0.05, 0.1) is 48.7 Å². The summed E-state index contributed by atoms with van der Waals surface area (Å²) in [7, 11) is 6.32. The fraction of sp³-hybridized carbons (Fsp3) is 0.167. The van der Waals surface area contributed by atoms with E-state index in [4.69, 9.17) is 15.2 Å². The summed E-state index contributed by atoms with van der Waals surface area (Å²) in [5.41, 5.74) is 9.69. The molecular formula is C30H28N6O4. The van der Waals surface area contributed by atoms with Crippen LogP contribution in [-0.2, 0) is 19.1 Å². The first-order valence-corrected chi connectivity index (χ1v) is 12.3. The molecule has 0 fully saturated rings. The molecule has 40 heavy (non-hydrogen) atoms. The first-order valence-electron chi connectivity index (χ1n) is 12.3. The van der Waals surface area contributed by atoms with Gasteiger partial charge in [0, 0.05) is 25.5 Å². The summed E-state index contributed by atoms with van der Waals surface area (Å²) < 4.78 is 10.1. The fourth-order valence-electron chi connectivity index (χ4n) is 4.38. The molecule has 2 N–H and O–H groups in total. The van der Waals surface area contributed by atoms with Crippen molar-refractivity contribution in [1.29, 1.82) is 5.26 Å². The van der Waals surface area contributed by atoms with E-state index in [0.717, 1.165) is 5.69 Å². The lowest BCUT2D eigenvalue weighted by Gasteiger charge is -2.35. The molecular weight excluding hydrogens is 508 g/mol. The minimum Gasteiger partial charge on any atom is -0.466 e. The van der Waals surface area contributed by atoms with Crippen LogP contribution in [0.25, 0.3) is 0 Å². The Morgan fingerprint density at radius 3 is 1.93 bits per heavy atom. The van der Waals surface area contributed by atoms with Gasteiger partial charge in [0.25, 0.3) is 0 Å². The van der Waals surface area contributed by atoms with Gasteiger partial charge in [-0.1, -0.05) is 30.3 Å². The second kappa shape index (κ2) is 12.0. The SMILES string of the molecule is COC(=O)C1=C(C(=O)OC)N(c2ccc(N=Nc3ccc(N(C)C)cc3)cc2)C(N)=C(C#N)C1c1ccccc1. The highest BCUT2D eigenvalue weighted by Gasteiger charge is 2.42. The molecule has 1 heterocycles. The molecule has 1 aliphatic heterocycles. The maximum atomic E-state index is 13.2. The Morgan fingerprint density at radius 1 is 0.875 bits per heavy atom. The van der Waals surface area contributed by atoms with Crippen LogP contribution in [0.5, 0.6) is 0 Å². The molecule has 0 aromatic heterocycles. The van der Waals surface area contributed by atoms with Gasteiger partial charge in [-0.2, -0.15) is 15.5 Å². The topological polar surface area (TPSA) is 134 Å². The van der Waals surface area contributed by atoms with Crippen LogP contribution in [0.4, 0.5) is 22.7 Å². The molecule has 10 heteroatoms. The van der Waals surface area contributed by atoms with Gasteiger partial charge in [0.2, 0.25) is 0 Å². The molecule has 3 aromatic rings. The average Bonchev–Trinajstić information content (AvgIpc) is 2.99. The third kappa shape index (κ3) is 5.39. The third-order valence-electron chi connectivity index (χ3n) is 6.37. The first kappa shape index (κ1) is 27.6. The van der Waals surface area contributed by atoms with Crippen LogP contribution in [0.3, 0.4) is 0 Å². The summed E-state index contributed by atoms with van der Waals surface area (Å²) in [4.78, 5) is 29.6. The van der Waals surface area contributed by atoms with Gasteiger partial charge < -0.3 is 20.1 Å². The maximum Gasteiger partial charge on any atom is 0.355 e. The minimum absolute atomic E-state index is 0.0141. The number of anilines is 2. The Balaban J connectivity index is 1.79. The predicted octanol–water partition coefficient (Wildman–Crippen LogP) is 5.07. The third-order valence-corrected chi connectivity index (χ3v) is 6.37. The number of carbonyl (C=O) groups excluding carboxylic acids is 2. The van der Waals surface area contributed by atoms with E-state index in [1.807, 2.05) is 43.3 Å². The molecule has 4 rings (SSSR count). The highest BCUT2D eigenvalue weighted by molar-refractivity contribution is 6.06. The van der Waals surface area contributed by atoms with Crippen molar-refractivity contribution in [3.8, 4) is 6.07 Å². The van der Waals surface area contributed by atoms with Crippen molar-refractivity contribution in [2.45, 2.75) is 5.92 Å². The Hall–Kier alpha value is -5.43. The minimum atomic E-state index is -0.934. The van der Waals surface area contributed by atoms with Crippen molar-refractivity contribution in [3.63, 3.8) is 0 Å². The molecule has 0 bridgehead atoms. The smallest absolute Gasteiger partial charge is 0.355 e. The van der Waals surface area contributed by atoms with E-state index in [1.165, 1.54) is 19.1 Å². The second-order valence-electron chi connectivity index (χ2n) is 8.96. The molecule has 10 nitrogen and oxygen atoms in total. The molecule has 1 aliphatic rings. The van der Waals surface area contributed by atoms with E-state index in [1.54, 1.807) is 54.6 Å². The van der Waals surface area contributed by atoms with Crippen molar-refractivity contribution < 1.29 is 19.1 Å². The molecule has 0 amide bonds. The van der Waals surface area contributed by atoms with Gasteiger partial charge in [-0.3, -0.25) is 4.90 Å². The van der Waals surface area contributed by atoms with Crippen molar-refractivity contribution in [3.05, 3.63) is 107 Å². The quantitative estimate of drug-likeness (QED) is 0.327. The Kier molecular flexibility index (Phi) is 8.25. The van der Waals surface area contributed by atoms with E-state index < -0.39 is 17.9 Å². The van der Waals surface area contributed by atoms with Gasteiger partial charge >= 0.3 is 11.9 Å².